The maximum Gasteiger partial charge on any atom is 0.322 e. The van der Waals surface area contributed by atoms with Crippen LogP contribution in [-0.4, -0.2) is 44.4 Å². The Morgan fingerprint density at radius 3 is 2.26 bits per heavy atom. The molecule has 0 saturated carbocycles. The lowest BCUT2D eigenvalue weighted by atomic mass is 9.98. The predicted octanol–water partition coefficient (Wildman–Crippen LogP) is 4.04. The van der Waals surface area contributed by atoms with E-state index in [1.807, 2.05) is 36.4 Å². The third-order valence-electron chi connectivity index (χ3n) is 6.27. The van der Waals surface area contributed by atoms with Crippen LogP contribution in [0.3, 0.4) is 0 Å². The van der Waals surface area contributed by atoms with Gasteiger partial charge in [-0.1, -0.05) is 24.3 Å². The van der Waals surface area contributed by atoms with Crippen molar-refractivity contribution in [3.8, 4) is 23.0 Å². The number of nitrogens with zero attached hydrogens (tertiary/aromatic N) is 1. The first-order valence-corrected chi connectivity index (χ1v) is 11.4. The monoisotopic (exact) mass is 460 g/mol. The van der Waals surface area contributed by atoms with E-state index in [-0.39, 0.29) is 5.91 Å². The van der Waals surface area contributed by atoms with Gasteiger partial charge in [0.25, 0.3) is 0 Å². The van der Waals surface area contributed by atoms with Crippen LogP contribution in [0, 0.1) is 0 Å². The van der Waals surface area contributed by atoms with Gasteiger partial charge in [0.15, 0.2) is 23.0 Å². The molecule has 1 N–H and O–H groups in total. The number of methoxy groups -OCH3 is 2. The van der Waals surface area contributed by atoms with E-state index in [0.717, 1.165) is 44.0 Å². The van der Waals surface area contributed by atoms with Crippen molar-refractivity contribution in [1.82, 2.24) is 4.90 Å². The summed E-state index contributed by atoms with van der Waals surface area (Å²) in [5.41, 5.74) is 4.55. The molecule has 176 valence electrons. The van der Waals surface area contributed by atoms with Gasteiger partial charge in [-0.05, 0) is 65.9 Å². The smallest absolute Gasteiger partial charge is 0.322 e. The highest BCUT2D eigenvalue weighted by molar-refractivity contribution is 5.94. The zero-order valence-corrected chi connectivity index (χ0v) is 19.4. The maximum absolute atomic E-state index is 12.5. The lowest BCUT2D eigenvalue weighted by molar-refractivity contribution is -0.131. The minimum absolute atomic E-state index is 0.331. The second-order valence-corrected chi connectivity index (χ2v) is 8.45. The molecule has 3 aromatic rings. The molecule has 0 saturated heterocycles. The topological polar surface area (TPSA) is 69.3 Å². The molecule has 5 rings (SSSR count). The van der Waals surface area contributed by atoms with E-state index >= 15 is 0 Å². The van der Waals surface area contributed by atoms with Crippen LogP contribution in [0.25, 0.3) is 0 Å². The van der Waals surface area contributed by atoms with Crippen LogP contribution in [-0.2, 0) is 24.2 Å². The van der Waals surface area contributed by atoms with Gasteiger partial charge in [-0.3, -0.25) is 9.69 Å². The quantitative estimate of drug-likeness (QED) is 0.574. The van der Waals surface area contributed by atoms with E-state index in [2.05, 4.69) is 22.3 Å². The van der Waals surface area contributed by atoms with Crippen molar-refractivity contribution in [3.05, 3.63) is 77.4 Å². The van der Waals surface area contributed by atoms with Gasteiger partial charge in [0, 0.05) is 25.3 Å². The van der Waals surface area contributed by atoms with Crippen LogP contribution in [0.1, 0.15) is 16.7 Å². The summed E-state index contributed by atoms with van der Waals surface area (Å²) >= 11 is 0. The highest BCUT2D eigenvalue weighted by atomic mass is 16.7. The summed E-state index contributed by atoms with van der Waals surface area (Å²) in [6.45, 7) is 2.87. The normalized spacial score (nSPS) is 15.0. The lowest BCUT2D eigenvalue weighted by Gasteiger charge is -2.29. The maximum atomic E-state index is 12.5. The minimum Gasteiger partial charge on any atom is -0.493 e. The number of amides is 1. The summed E-state index contributed by atoms with van der Waals surface area (Å²) in [6.07, 6.45) is 0.953. The number of rotatable bonds is 7. The molecule has 0 fully saturated rings. The van der Waals surface area contributed by atoms with E-state index < -0.39 is 6.29 Å². The molecule has 0 aromatic heterocycles. The number of nitrogens with one attached hydrogen (secondary N) is 1. The third kappa shape index (κ3) is 4.65. The Bertz CT molecular complexity index is 1150. The van der Waals surface area contributed by atoms with E-state index in [1.165, 1.54) is 16.7 Å². The molecule has 0 bridgehead atoms. The first kappa shape index (κ1) is 22.1. The van der Waals surface area contributed by atoms with Gasteiger partial charge in [0.1, 0.15) is 0 Å². The second kappa shape index (κ2) is 9.65. The fourth-order valence-corrected chi connectivity index (χ4v) is 4.38. The molecule has 2 aliphatic rings. The fraction of sp³-hybridized carbons (Fsp3) is 0.296. The summed E-state index contributed by atoms with van der Waals surface area (Å²) in [7, 11) is 3.34. The van der Waals surface area contributed by atoms with E-state index in [0.29, 0.717) is 17.2 Å². The molecule has 3 aromatic carbocycles. The molecule has 0 aliphatic carbocycles. The van der Waals surface area contributed by atoms with E-state index in [4.69, 9.17) is 18.9 Å². The number of ether oxygens (including phenoxy) is 4. The number of hydrogen-bond acceptors (Lipinski definition) is 6. The summed E-state index contributed by atoms with van der Waals surface area (Å²) in [4.78, 5) is 15.0. The third-order valence-corrected chi connectivity index (χ3v) is 6.27. The van der Waals surface area contributed by atoms with Crippen molar-refractivity contribution < 1.29 is 23.7 Å². The SMILES string of the molecule is COc1cc2c(cc1OC)CN(CCc1ccc(NC(=O)C3Oc4ccccc4O3)cc1)CC2. The van der Waals surface area contributed by atoms with Crippen molar-refractivity contribution in [2.45, 2.75) is 25.7 Å². The molecule has 7 nitrogen and oxygen atoms in total. The zero-order valence-electron chi connectivity index (χ0n) is 19.4. The molecule has 0 radical (unpaired) electrons. The summed E-state index contributed by atoms with van der Waals surface area (Å²) in [5, 5.41) is 2.86. The van der Waals surface area contributed by atoms with Gasteiger partial charge in [-0.2, -0.15) is 0 Å². The molecule has 7 heteroatoms. The lowest BCUT2D eigenvalue weighted by Crippen LogP contribution is -2.34. The number of anilines is 1. The molecule has 0 spiro atoms. The summed E-state index contributed by atoms with van der Waals surface area (Å²) in [6, 6.07) is 19.4. The second-order valence-electron chi connectivity index (χ2n) is 8.45. The van der Waals surface area contributed by atoms with Crippen molar-refractivity contribution in [2.75, 3.05) is 32.6 Å². The van der Waals surface area contributed by atoms with Crippen molar-refractivity contribution >= 4 is 11.6 Å². The summed E-state index contributed by atoms with van der Waals surface area (Å²) < 4.78 is 22.0. The molecule has 2 heterocycles. The van der Waals surface area contributed by atoms with Gasteiger partial charge < -0.3 is 24.3 Å². The Morgan fingerprint density at radius 2 is 1.62 bits per heavy atom. The molecular formula is C27H28N2O5. The number of benzene rings is 3. The van der Waals surface area contributed by atoms with E-state index in [1.54, 1.807) is 26.4 Å². The molecule has 0 unspecified atom stereocenters. The van der Waals surface area contributed by atoms with Crippen LogP contribution >= 0.6 is 0 Å². The highest BCUT2D eigenvalue weighted by Gasteiger charge is 2.30. The predicted molar refractivity (Wildman–Crippen MR) is 129 cm³/mol. The molecular weight excluding hydrogens is 432 g/mol. The zero-order chi connectivity index (χ0) is 23.5. The Kier molecular flexibility index (Phi) is 6.27. The number of para-hydroxylation sites is 2. The average molecular weight is 461 g/mol. The summed E-state index contributed by atoms with van der Waals surface area (Å²) in [5.74, 6) is 2.39. The van der Waals surface area contributed by atoms with Gasteiger partial charge in [0.05, 0.1) is 14.2 Å². The largest absolute Gasteiger partial charge is 0.493 e. The Hall–Kier alpha value is -3.71. The van der Waals surface area contributed by atoms with Crippen molar-refractivity contribution in [3.63, 3.8) is 0 Å². The van der Waals surface area contributed by atoms with E-state index in [9.17, 15) is 4.79 Å². The minimum atomic E-state index is -0.974. The fourth-order valence-electron chi connectivity index (χ4n) is 4.38. The Balaban J connectivity index is 1.13. The van der Waals surface area contributed by atoms with Crippen molar-refractivity contribution in [1.29, 1.82) is 0 Å². The first-order valence-electron chi connectivity index (χ1n) is 11.4. The van der Waals surface area contributed by atoms with Gasteiger partial charge in [-0.15, -0.1) is 0 Å². The van der Waals surface area contributed by atoms with Crippen molar-refractivity contribution in [2.24, 2.45) is 0 Å². The van der Waals surface area contributed by atoms with Gasteiger partial charge in [0.2, 0.25) is 0 Å². The molecule has 34 heavy (non-hydrogen) atoms. The first-order chi connectivity index (χ1) is 16.6. The number of carbonyl (C=O) groups excluding carboxylic acids is 1. The number of carbonyl (C=O) groups is 1. The van der Waals surface area contributed by atoms with Crippen LogP contribution in [0.4, 0.5) is 5.69 Å². The average Bonchev–Trinajstić information content (AvgIpc) is 3.32. The highest BCUT2D eigenvalue weighted by Crippen LogP contribution is 2.35. The number of fused-ring (bicyclic) bond motifs is 2. The van der Waals surface area contributed by atoms with Gasteiger partial charge in [-0.25, -0.2) is 0 Å². The van der Waals surface area contributed by atoms with Crippen LogP contribution in [0.15, 0.2) is 60.7 Å². The van der Waals surface area contributed by atoms with Crippen LogP contribution in [0.5, 0.6) is 23.0 Å². The molecule has 2 aliphatic heterocycles. The van der Waals surface area contributed by atoms with Crippen LogP contribution in [0.2, 0.25) is 0 Å². The Labute approximate surface area is 199 Å². The van der Waals surface area contributed by atoms with Gasteiger partial charge >= 0.3 is 12.2 Å². The van der Waals surface area contributed by atoms with Crippen LogP contribution < -0.4 is 24.3 Å². The Morgan fingerprint density at radius 1 is 0.971 bits per heavy atom. The standard InChI is InChI=1S/C27H28N2O5/c1-31-24-15-19-12-14-29(17-20(19)16-25(24)32-2)13-11-18-7-9-21(10-8-18)28-26(30)27-33-22-5-3-4-6-23(22)34-27/h3-10,15-16,27H,11-14,17H2,1-2H3,(H,28,30). The number of hydrogen-bond donors (Lipinski definition) is 1. The molecule has 0 atom stereocenters. The molecule has 1 amide bonds.